The van der Waals surface area contributed by atoms with Crippen molar-refractivity contribution in [1.82, 2.24) is 0 Å². The number of hydrogen-bond donors (Lipinski definition) is 1. The van der Waals surface area contributed by atoms with Crippen LogP contribution in [0.15, 0.2) is 12.1 Å². The van der Waals surface area contributed by atoms with E-state index in [1.807, 2.05) is 0 Å². The number of hydrogen-bond acceptors (Lipinski definition) is 3. The predicted molar refractivity (Wildman–Crippen MR) is 56.3 cm³/mol. The number of aryl methyl sites for hydroxylation is 1. The molecule has 0 aliphatic rings. The van der Waals surface area contributed by atoms with Gasteiger partial charge in [-0.25, -0.2) is 14.7 Å². The highest BCUT2D eigenvalue weighted by atomic mass is 19.3. The van der Waals surface area contributed by atoms with Crippen LogP contribution in [-0.4, -0.2) is 7.11 Å². The van der Waals surface area contributed by atoms with Crippen molar-refractivity contribution >= 4 is 0 Å². The van der Waals surface area contributed by atoms with Gasteiger partial charge in [0.2, 0.25) is 0 Å². The van der Waals surface area contributed by atoms with Gasteiger partial charge >= 0.3 is 0 Å². The Hall–Kier alpha value is -1.20. The molecular formula is C11H15F2NO2. The van der Waals surface area contributed by atoms with Crippen LogP contribution in [0.2, 0.25) is 0 Å². The van der Waals surface area contributed by atoms with Gasteiger partial charge in [0.05, 0.1) is 19.3 Å². The smallest absolute Gasteiger partial charge is 0.274 e. The molecule has 0 fully saturated rings. The van der Waals surface area contributed by atoms with Gasteiger partial charge < -0.3 is 4.74 Å². The van der Waals surface area contributed by atoms with Crippen LogP contribution in [-0.2, 0) is 17.4 Å². The lowest BCUT2D eigenvalue weighted by atomic mass is 10.0. The van der Waals surface area contributed by atoms with E-state index < -0.39 is 5.92 Å². The highest BCUT2D eigenvalue weighted by molar-refractivity contribution is 5.46. The van der Waals surface area contributed by atoms with Gasteiger partial charge in [-0.15, -0.1) is 0 Å². The number of methoxy groups -OCH3 is 1. The first-order chi connectivity index (χ1) is 7.40. The van der Waals surface area contributed by atoms with Crippen molar-refractivity contribution in [3.63, 3.8) is 0 Å². The van der Waals surface area contributed by atoms with E-state index in [2.05, 4.69) is 4.84 Å². The van der Waals surface area contributed by atoms with Crippen LogP contribution in [0, 0.1) is 6.92 Å². The van der Waals surface area contributed by atoms with E-state index >= 15 is 0 Å². The van der Waals surface area contributed by atoms with Crippen molar-refractivity contribution in [3.8, 4) is 5.75 Å². The Labute approximate surface area is 93.1 Å². The minimum absolute atomic E-state index is 0.0356. The SMILES string of the molecule is COc1c(CON)cc(C)cc1C(C)(F)F. The van der Waals surface area contributed by atoms with Crippen LogP contribution in [0.5, 0.6) is 5.75 Å². The standard InChI is InChI=1S/C11H15F2NO2/c1-7-4-8(6-16-14)10(15-3)9(5-7)11(2,12)13/h4-5H,6,14H2,1-3H3. The zero-order valence-electron chi connectivity index (χ0n) is 9.51. The molecule has 0 saturated carbocycles. The van der Waals surface area contributed by atoms with Crippen LogP contribution in [0.3, 0.4) is 0 Å². The molecule has 0 aliphatic carbocycles. The maximum absolute atomic E-state index is 13.4. The molecule has 0 saturated heterocycles. The lowest BCUT2D eigenvalue weighted by molar-refractivity contribution is 0.0145. The van der Waals surface area contributed by atoms with Gasteiger partial charge in [0, 0.05) is 12.5 Å². The molecule has 0 amide bonds. The molecule has 0 aliphatic heterocycles. The Morgan fingerprint density at radius 2 is 2.00 bits per heavy atom. The Balaban J connectivity index is 3.36. The fourth-order valence-electron chi connectivity index (χ4n) is 1.61. The second-order valence-electron chi connectivity index (χ2n) is 3.70. The summed E-state index contributed by atoms with van der Waals surface area (Å²) in [5.41, 5.74) is 1.08. The van der Waals surface area contributed by atoms with Crippen molar-refractivity contribution in [2.75, 3.05) is 7.11 Å². The van der Waals surface area contributed by atoms with E-state index in [-0.39, 0.29) is 17.9 Å². The first-order valence-corrected chi connectivity index (χ1v) is 4.77. The minimum atomic E-state index is -2.96. The number of halogens is 2. The molecule has 0 radical (unpaired) electrons. The molecule has 1 aromatic carbocycles. The van der Waals surface area contributed by atoms with Gasteiger partial charge in [0.1, 0.15) is 5.75 Å². The number of nitrogens with two attached hydrogens (primary N) is 1. The maximum atomic E-state index is 13.4. The Kier molecular flexibility index (Phi) is 3.83. The quantitative estimate of drug-likeness (QED) is 0.810. The van der Waals surface area contributed by atoms with Crippen molar-refractivity contribution in [2.45, 2.75) is 26.4 Å². The van der Waals surface area contributed by atoms with Gasteiger partial charge in [-0.1, -0.05) is 5.56 Å². The molecule has 1 rings (SSSR count). The van der Waals surface area contributed by atoms with E-state index in [4.69, 9.17) is 10.6 Å². The molecule has 0 heterocycles. The predicted octanol–water partition coefficient (Wildman–Crippen LogP) is 2.51. The number of benzene rings is 1. The van der Waals surface area contributed by atoms with Crippen LogP contribution in [0.4, 0.5) is 8.78 Å². The molecule has 0 spiro atoms. The molecule has 1 aromatic rings. The van der Waals surface area contributed by atoms with E-state index in [0.717, 1.165) is 6.92 Å². The highest BCUT2D eigenvalue weighted by Crippen LogP contribution is 2.37. The first kappa shape index (κ1) is 12.9. The van der Waals surface area contributed by atoms with Crippen LogP contribution >= 0.6 is 0 Å². The monoisotopic (exact) mass is 231 g/mol. The normalized spacial score (nSPS) is 11.6. The van der Waals surface area contributed by atoms with Crippen molar-refractivity contribution < 1.29 is 18.4 Å². The summed E-state index contributed by atoms with van der Waals surface area (Å²) in [7, 11) is 1.35. The molecule has 90 valence electrons. The van der Waals surface area contributed by atoms with E-state index in [9.17, 15) is 8.78 Å². The van der Waals surface area contributed by atoms with E-state index in [1.165, 1.54) is 13.2 Å². The second kappa shape index (κ2) is 4.76. The molecular weight excluding hydrogens is 216 g/mol. The Morgan fingerprint density at radius 1 is 1.38 bits per heavy atom. The van der Waals surface area contributed by atoms with Gasteiger partial charge in [0.25, 0.3) is 5.92 Å². The third kappa shape index (κ3) is 2.68. The number of alkyl halides is 2. The van der Waals surface area contributed by atoms with Gasteiger partial charge in [-0.05, 0) is 19.1 Å². The molecule has 0 aromatic heterocycles. The molecule has 0 unspecified atom stereocenters. The average Bonchev–Trinajstić information content (AvgIpc) is 2.16. The summed E-state index contributed by atoms with van der Waals surface area (Å²) in [6, 6.07) is 3.11. The fraction of sp³-hybridized carbons (Fsp3) is 0.455. The summed E-state index contributed by atoms with van der Waals surface area (Å²) in [5, 5.41) is 0. The second-order valence-corrected chi connectivity index (χ2v) is 3.70. The zero-order chi connectivity index (χ0) is 12.3. The van der Waals surface area contributed by atoms with Crippen LogP contribution in [0.1, 0.15) is 23.6 Å². The molecule has 2 N–H and O–H groups in total. The summed E-state index contributed by atoms with van der Waals surface area (Å²) in [5.74, 6) is 2.12. The third-order valence-corrected chi connectivity index (χ3v) is 2.23. The van der Waals surface area contributed by atoms with Gasteiger partial charge in [0.15, 0.2) is 0 Å². The van der Waals surface area contributed by atoms with Crippen molar-refractivity contribution in [2.24, 2.45) is 5.90 Å². The molecule has 16 heavy (non-hydrogen) atoms. The topological polar surface area (TPSA) is 44.5 Å². The summed E-state index contributed by atoms with van der Waals surface area (Å²) in [4.78, 5) is 4.47. The first-order valence-electron chi connectivity index (χ1n) is 4.77. The van der Waals surface area contributed by atoms with E-state index in [1.54, 1.807) is 13.0 Å². The number of ether oxygens (including phenoxy) is 1. The van der Waals surface area contributed by atoms with Gasteiger partial charge in [-0.2, -0.15) is 0 Å². The van der Waals surface area contributed by atoms with E-state index in [0.29, 0.717) is 11.1 Å². The Morgan fingerprint density at radius 3 is 2.44 bits per heavy atom. The van der Waals surface area contributed by atoms with Crippen LogP contribution < -0.4 is 10.6 Å². The number of rotatable bonds is 4. The summed E-state index contributed by atoms with van der Waals surface area (Å²) >= 11 is 0. The Bertz CT molecular complexity index is 375. The average molecular weight is 231 g/mol. The lowest BCUT2D eigenvalue weighted by Crippen LogP contribution is -2.12. The van der Waals surface area contributed by atoms with Crippen LogP contribution in [0.25, 0.3) is 0 Å². The minimum Gasteiger partial charge on any atom is -0.496 e. The lowest BCUT2D eigenvalue weighted by Gasteiger charge is -2.18. The molecule has 5 heteroatoms. The molecule has 3 nitrogen and oxygen atoms in total. The van der Waals surface area contributed by atoms with Crippen molar-refractivity contribution in [3.05, 3.63) is 28.8 Å². The summed E-state index contributed by atoms with van der Waals surface area (Å²) < 4.78 is 31.7. The largest absolute Gasteiger partial charge is 0.496 e. The van der Waals surface area contributed by atoms with Crippen molar-refractivity contribution in [1.29, 1.82) is 0 Å². The summed E-state index contributed by atoms with van der Waals surface area (Å²) in [6.45, 7) is 2.60. The maximum Gasteiger partial charge on any atom is 0.274 e. The zero-order valence-corrected chi connectivity index (χ0v) is 9.51. The third-order valence-electron chi connectivity index (χ3n) is 2.23. The summed E-state index contributed by atoms with van der Waals surface area (Å²) in [6.07, 6.45) is 0. The fourth-order valence-corrected chi connectivity index (χ4v) is 1.61. The molecule has 0 atom stereocenters. The van der Waals surface area contributed by atoms with Gasteiger partial charge in [-0.3, -0.25) is 4.84 Å². The highest BCUT2D eigenvalue weighted by Gasteiger charge is 2.30. The molecule has 0 bridgehead atoms.